The second kappa shape index (κ2) is 6.39. The molecule has 1 saturated heterocycles. The summed E-state index contributed by atoms with van der Waals surface area (Å²) in [5, 5.41) is 10.1. The first-order valence-electron chi connectivity index (χ1n) is 8.34. The number of carbonyl (C=O) groups excluding carboxylic acids is 1. The second-order valence-corrected chi connectivity index (χ2v) is 6.78. The van der Waals surface area contributed by atoms with E-state index >= 15 is 0 Å². The van der Waals surface area contributed by atoms with Crippen molar-refractivity contribution < 1.29 is 9.90 Å². The molecule has 22 heavy (non-hydrogen) atoms. The molecule has 0 aromatic heterocycles. The summed E-state index contributed by atoms with van der Waals surface area (Å²) in [6, 6.07) is 8.23. The number of rotatable bonds is 2. The first kappa shape index (κ1) is 15.5. The molecular weight excluding hydrogens is 276 g/mol. The lowest BCUT2D eigenvalue weighted by Crippen LogP contribution is -2.53. The highest BCUT2D eigenvalue weighted by Gasteiger charge is 2.33. The van der Waals surface area contributed by atoms with E-state index in [1.807, 2.05) is 17.9 Å². The Hall–Kier alpha value is -1.39. The molecule has 1 aromatic rings. The quantitative estimate of drug-likeness (QED) is 0.903. The summed E-state index contributed by atoms with van der Waals surface area (Å²) in [5.41, 5.74) is 2.63. The third-order valence-electron chi connectivity index (χ3n) is 5.30. The Labute approximate surface area is 132 Å². The minimum Gasteiger partial charge on any atom is -0.392 e. The third-order valence-corrected chi connectivity index (χ3v) is 5.30. The minimum atomic E-state index is -0.314. The monoisotopic (exact) mass is 302 g/mol. The summed E-state index contributed by atoms with van der Waals surface area (Å²) in [4.78, 5) is 16.9. The van der Waals surface area contributed by atoms with E-state index in [0.717, 1.165) is 25.9 Å². The van der Waals surface area contributed by atoms with E-state index in [4.69, 9.17) is 0 Å². The van der Waals surface area contributed by atoms with Gasteiger partial charge in [-0.15, -0.1) is 0 Å². The number of nitrogens with zero attached hydrogens (tertiary/aromatic N) is 2. The van der Waals surface area contributed by atoms with Gasteiger partial charge in [-0.2, -0.15) is 0 Å². The molecule has 1 fully saturated rings. The molecular formula is C18H26N2O2. The molecule has 2 aliphatic rings. The van der Waals surface area contributed by atoms with Gasteiger partial charge in [0.25, 0.3) is 0 Å². The summed E-state index contributed by atoms with van der Waals surface area (Å²) in [6.45, 7) is 7.08. The van der Waals surface area contributed by atoms with Gasteiger partial charge in [-0.05, 0) is 43.4 Å². The smallest absolute Gasteiger partial charge is 0.239 e. The highest BCUT2D eigenvalue weighted by Crippen LogP contribution is 2.22. The molecule has 4 heteroatoms. The van der Waals surface area contributed by atoms with Crippen molar-refractivity contribution in [3.05, 3.63) is 35.4 Å². The van der Waals surface area contributed by atoms with Crippen LogP contribution in [0.3, 0.4) is 0 Å². The number of aliphatic hydroxyl groups is 1. The van der Waals surface area contributed by atoms with Gasteiger partial charge in [0.1, 0.15) is 0 Å². The van der Waals surface area contributed by atoms with Crippen molar-refractivity contribution in [2.24, 2.45) is 5.92 Å². The standard InChI is InChI=1S/C18H26N2O2/c1-13-7-9-19(12-17(13)21)14(2)18(22)20-10-8-15-5-3-4-6-16(15)11-20/h3-6,13-14,17,21H,7-12H2,1-2H3. The molecule has 3 atom stereocenters. The first-order valence-corrected chi connectivity index (χ1v) is 8.34. The molecule has 0 bridgehead atoms. The third kappa shape index (κ3) is 3.03. The average molecular weight is 302 g/mol. The van der Waals surface area contributed by atoms with Gasteiger partial charge in [0, 0.05) is 19.6 Å². The van der Waals surface area contributed by atoms with E-state index < -0.39 is 0 Å². The zero-order chi connectivity index (χ0) is 15.7. The molecule has 4 nitrogen and oxygen atoms in total. The lowest BCUT2D eigenvalue weighted by molar-refractivity contribution is -0.139. The van der Waals surface area contributed by atoms with Crippen molar-refractivity contribution in [1.29, 1.82) is 0 Å². The molecule has 3 unspecified atom stereocenters. The topological polar surface area (TPSA) is 43.8 Å². The SMILES string of the molecule is CC1CCN(C(C)C(=O)N2CCc3ccccc3C2)CC1O. The lowest BCUT2D eigenvalue weighted by atomic mass is 9.94. The van der Waals surface area contributed by atoms with Gasteiger partial charge in [0.15, 0.2) is 0 Å². The zero-order valence-corrected chi connectivity index (χ0v) is 13.5. The second-order valence-electron chi connectivity index (χ2n) is 6.78. The fourth-order valence-electron chi connectivity index (χ4n) is 3.53. The van der Waals surface area contributed by atoms with Gasteiger partial charge >= 0.3 is 0 Å². The van der Waals surface area contributed by atoms with Crippen LogP contribution < -0.4 is 0 Å². The molecule has 2 heterocycles. The highest BCUT2D eigenvalue weighted by molar-refractivity contribution is 5.81. The number of piperidine rings is 1. The van der Waals surface area contributed by atoms with E-state index in [1.54, 1.807) is 0 Å². The van der Waals surface area contributed by atoms with Gasteiger partial charge in [0.2, 0.25) is 5.91 Å². The number of fused-ring (bicyclic) bond motifs is 1. The number of hydrogen-bond donors (Lipinski definition) is 1. The molecule has 0 spiro atoms. The van der Waals surface area contributed by atoms with Crippen LogP contribution >= 0.6 is 0 Å². The largest absolute Gasteiger partial charge is 0.392 e. The number of hydrogen-bond acceptors (Lipinski definition) is 3. The van der Waals surface area contributed by atoms with Crippen LogP contribution in [0.2, 0.25) is 0 Å². The number of aliphatic hydroxyl groups excluding tert-OH is 1. The van der Waals surface area contributed by atoms with E-state index in [0.29, 0.717) is 19.0 Å². The molecule has 1 N–H and O–H groups in total. The van der Waals surface area contributed by atoms with Gasteiger partial charge in [0.05, 0.1) is 12.1 Å². The van der Waals surface area contributed by atoms with E-state index in [9.17, 15) is 9.90 Å². The Morgan fingerprint density at radius 1 is 1.27 bits per heavy atom. The van der Waals surface area contributed by atoms with Crippen LogP contribution in [0.1, 0.15) is 31.4 Å². The van der Waals surface area contributed by atoms with Gasteiger partial charge < -0.3 is 10.0 Å². The van der Waals surface area contributed by atoms with Crippen molar-refractivity contribution in [1.82, 2.24) is 9.80 Å². The maximum atomic E-state index is 12.8. The molecule has 0 radical (unpaired) electrons. The molecule has 2 aliphatic heterocycles. The summed E-state index contributed by atoms with van der Waals surface area (Å²) in [6.07, 6.45) is 1.58. The first-order chi connectivity index (χ1) is 10.6. The van der Waals surface area contributed by atoms with Crippen molar-refractivity contribution in [2.45, 2.75) is 45.4 Å². The Morgan fingerprint density at radius 2 is 2.00 bits per heavy atom. The van der Waals surface area contributed by atoms with E-state index in [-0.39, 0.29) is 18.1 Å². The van der Waals surface area contributed by atoms with Crippen molar-refractivity contribution >= 4 is 5.91 Å². The average Bonchev–Trinajstić information content (AvgIpc) is 2.55. The van der Waals surface area contributed by atoms with Crippen LogP contribution in [-0.4, -0.2) is 52.6 Å². The van der Waals surface area contributed by atoms with E-state index in [2.05, 4.69) is 30.0 Å². The van der Waals surface area contributed by atoms with Crippen molar-refractivity contribution in [2.75, 3.05) is 19.6 Å². The maximum absolute atomic E-state index is 12.8. The fourth-order valence-corrected chi connectivity index (χ4v) is 3.53. The normalized spacial score (nSPS) is 27.3. The number of likely N-dealkylation sites (tertiary alicyclic amines) is 1. The number of amides is 1. The van der Waals surface area contributed by atoms with Crippen LogP contribution in [-0.2, 0) is 17.8 Å². The minimum absolute atomic E-state index is 0.146. The number of β-amino-alcohol motifs (C(OH)–C–C–N with tert-alkyl or cyclic N) is 1. The molecule has 1 aromatic carbocycles. The Bertz CT molecular complexity index is 546. The molecule has 0 saturated carbocycles. The van der Waals surface area contributed by atoms with Crippen molar-refractivity contribution in [3.63, 3.8) is 0 Å². The predicted molar refractivity (Wildman–Crippen MR) is 86.4 cm³/mol. The van der Waals surface area contributed by atoms with Gasteiger partial charge in [-0.25, -0.2) is 0 Å². The Morgan fingerprint density at radius 3 is 2.73 bits per heavy atom. The predicted octanol–water partition coefficient (Wildman–Crippen LogP) is 1.66. The summed E-state index contributed by atoms with van der Waals surface area (Å²) < 4.78 is 0. The summed E-state index contributed by atoms with van der Waals surface area (Å²) in [5.74, 6) is 0.525. The van der Waals surface area contributed by atoms with Gasteiger partial charge in [-0.3, -0.25) is 9.69 Å². The van der Waals surface area contributed by atoms with Crippen LogP contribution in [0, 0.1) is 5.92 Å². The van der Waals surface area contributed by atoms with Crippen LogP contribution in [0.4, 0.5) is 0 Å². The zero-order valence-electron chi connectivity index (χ0n) is 13.5. The number of benzene rings is 1. The summed E-state index contributed by atoms with van der Waals surface area (Å²) in [7, 11) is 0. The molecule has 0 aliphatic carbocycles. The van der Waals surface area contributed by atoms with E-state index in [1.165, 1.54) is 11.1 Å². The maximum Gasteiger partial charge on any atom is 0.239 e. The summed E-state index contributed by atoms with van der Waals surface area (Å²) >= 11 is 0. The van der Waals surface area contributed by atoms with Crippen LogP contribution in [0.15, 0.2) is 24.3 Å². The van der Waals surface area contributed by atoms with Crippen molar-refractivity contribution in [3.8, 4) is 0 Å². The molecule has 120 valence electrons. The molecule has 1 amide bonds. The number of carbonyl (C=O) groups is 1. The Kier molecular flexibility index (Phi) is 4.50. The lowest BCUT2D eigenvalue weighted by Gasteiger charge is -2.39. The van der Waals surface area contributed by atoms with Crippen LogP contribution in [0.5, 0.6) is 0 Å². The Balaban J connectivity index is 1.64. The molecule has 3 rings (SSSR count). The van der Waals surface area contributed by atoms with Crippen LogP contribution in [0.25, 0.3) is 0 Å². The fraction of sp³-hybridized carbons (Fsp3) is 0.611. The van der Waals surface area contributed by atoms with Gasteiger partial charge in [-0.1, -0.05) is 31.2 Å². The highest BCUT2D eigenvalue weighted by atomic mass is 16.3.